The van der Waals surface area contributed by atoms with Gasteiger partial charge in [-0.3, -0.25) is 11.3 Å². The van der Waals surface area contributed by atoms with Crippen molar-refractivity contribution in [2.75, 3.05) is 5.75 Å². The fourth-order valence-electron chi connectivity index (χ4n) is 1.78. The molecule has 1 atom stereocenters. The van der Waals surface area contributed by atoms with Crippen molar-refractivity contribution in [3.05, 3.63) is 35.4 Å². The van der Waals surface area contributed by atoms with Crippen molar-refractivity contribution in [3.63, 3.8) is 0 Å². The Balaban J connectivity index is 2.64. The minimum absolute atomic E-state index is 0.227. The van der Waals surface area contributed by atoms with E-state index in [0.717, 1.165) is 12.2 Å². The Morgan fingerprint density at radius 2 is 1.83 bits per heavy atom. The van der Waals surface area contributed by atoms with Gasteiger partial charge in [0, 0.05) is 10.5 Å². The third kappa shape index (κ3) is 5.42. The molecule has 1 rings (SSSR count). The largest absolute Gasteiger partial charge is 0.271 e. The molecule has 0 aromatic heterocycles. The van der Waals surface area contributed by atoms with Gasteiger partial charge in [-0.25, -0.2) is 0 Å². The summed E-state index contributed by atoms with van der Waals surface area (Å²) in [6.07, 6.45) is 2.34. The first kappa shape index (κ1) is 15.5. The third-order valence-corrected chi connectivity index (χ3v) is 4.17. The molecule has 0 saturated heterocycles. The van der Waals surface area contributed by atoms with E-state index in [1.54, 1.807) is 0 Å². The van der Waals surface area contributed by atoms with Crippen molar-refractivity contribution in [2.24, 2.45) is 5.84 Å². The highest BCUT2D eigenvalue weighted by atomic mass is 32.2. The second kappa shape index (κ2) is 7.17. The average molecular weight is 266 g/mol. The molecular formula is C15H26N2S. The summed E-state index contributed by atoms with van der Waals surface area (Å²) >= 11 is 1.93. The minimum atomic E-state index is 0.227. The number of rotatable bonds is 6. The van der Waals surface area contributed by atoms with Gasteiger partial charge in [-0.15, -0.1) is 0 Å². The first-order valence-electron chi connectivity index (χ1n) is 6.65. The molecule has 3 heteroatoms. The lowest BCUT2D eigenvalue weighted by molar-refractivity contribution is 0.607. The van der Waals surface area contributed by atoms with Crippen LogP contribution in [-0.2, 0) is 6.42 Å². The molecule has 0 saturated carbocycles. The molecule has 0 bridgehead atoms. The summed E-state index contributed by atoms with van der Waals surface area (Å²) in [6, 6.07) is 9.04. The summed E-state index contributed by atoms with van der Waals surface area (Å²) in [4.78, 5) is 0. The summed E-state index contributed by atoms with van der Waals surface area (Å²) in [5.41, 5.74) is 5.60. The Morgan fingerprint density at radius 3 is 2.28 bits per heavy atom. The van der Waals surface area contributed by atoms with E-state index in [0.29, 0.717) is 0 Å². The zero-order chi connectivity index (χ0) is 13.6. The van der Waals surface area contributed by atoms with Gasteiger partial charge in [0.25, 0.3) is 0 Å². The molecule has 18 heavy (non-hydrogen) atoms. The Labute approximate surface area is 116 Å². The predicted octanol–water partition coefficient (Wildman–Crippen LogP) is 3.68. The summed E-state index contributed by atoms with van der Waals surface area (Å²) < 4.78 is 0.275. The maximum atomic E-state index is 5.67. The predicted molar refractivity (Wildman–Crippen MR) is 82.7 cm³/mol. The van der Waals surface area contributed by atoms with Crippen molar-refractivity contribution >= 4 is 11.8 Å². The van der Waals surface area contributed by atoms with E-state index in [1.807, 2.05) is 11.8 Å². The second-order valence-electron chi connectivity index (χ2n) is 5.63. The van der Waals surface area contributed by atoms with Crippen LogP contribution in [0.25, 0.3) is 0 Å². The smallest absolute Gasteiger partial charge is 0.0550 e. The quantitative estimate of drug-likeness (QED) is 0.609. The van der Waals surface area contributed by atoms with Crippen molar-refractivity contribution in [1.82, 2.24) is 5.43 Å². The van der Waals surface area contributed by atoms with E-state index in [2.05, 4.69) is 57.4 Å². The number of hydrazine groups is 1. The first-order valence-corrected chi connectivity index (χ1v) is 7.63. The molecule has 0 spiro atoms. The SMILES string of the molecule is CCCc1ccc(C(CSC(C)(C)C)NN)cc1. The van der Waals surface area contributed by atoms with E-state index < -0.39 is 0 Å². The molecule has 2 nitrogen and oxygen atoms in total. The Kier molecular flexibility index (Phi) is 6.19. The van der Waals surface area contributed by atoms with Gasteiger partial charge in [-0.2, -0.15) is 11.8 Å². The normalized spacial score (nSPS) is 13.6. The molecule has 1 unspecified atom stereocenters. The summed E-state index contributed by atoms with van der Waals surface area (Å²) in [6.45, 7) is 8.90. The van der Waals surface area contributed by atoms with E-state index >= 15 is 0 Å². The van der Waals surface area contributed by atoms with E-state index in [1.165, 1.54) is 17.5 Å². The second-order valence-corrected chi connectivity index (χ2v) is 7.48. The number of nitrogens with one attached hydrogen (secondary N) is 1. The topological polar surface area (TPSA) is 38.0 Å². The Morgan fingerprint density at radius 1 is 1.22 bits per heavy atom. The molecular weight excluding hydrogens is 240 g/mol. The molecule has 3 N–H and O–H groups in total. The van der Waals surface area contributed by atoms with Gasteiger partial charge >= 0.3 is 0 Å². The number of hydrogen-bond donors (Lipinski definition) is 2. The van der Waals surface area contributed by atoms with Crippen LogP contribution in [0.1, 0.15) is 51.3 Å². The summed E-state index contributed by atoms with van der Waals surface area (Å²) in [5, 5.41) is 0. The van der Waals surface area contributed by atoms with Crippen LogP contribution in [0.2, 0.25) is 0 Å². The van der Waals surface area contributed by atoms with Gasteiger partial charge in [0.15, 0.2) is 0 Å². The van der Waals surface area contributed by atoms with E-state index in [4.69, 9.17) is 5.84 Å². The number of thioether (sulfide) groups is 1. The molecule has 0 fully saturated rings. The van der Waals surface area contributed by atoms with Crippen LogP contribution in [0.15, 0.2) is 24.3 Å². The van der Waals surface area contributed by atoms with Gasteiger partial charge in [-0.05, 0) is 17.5 Å². The minimum Gasteiger partial charge on any atom is -0.271 e. The maximum absolute atomic E-state index is 5.67. The van der Waals surface area contributed by atoms with Gasteiger partial charge in [-0.1, -0.05) is 58.4 Å². The maximum Gasteiger partial charge on any atom is 0.0550 e. The molecule has 0 aliphatic heterocycles. The van der Waals surface area contributed by atoms with E-state index in [9.17, 15) is 0 Å². The van der Waals surface area contributed by atoms with Crippen LogP contribution < -0.4 is 11.3 Å². The summed E-state index contributed by atoms with van der Waals surface area (Å²) in [7, 11) is 0. The van der Waals surface area contributed by atoms with Crippen molar-refractivity contribution in [2.45, 2.75) is 51.3 Å². The number of aryl methyl sites for hydroxylation is 1. The molecule has 1 aromatic rings. The van der Waals surface area contributed by atoms with Gasteiger partial charge in [0.05, 0.1) is 6.04 Å². The number of benzene rings is 1. The van der Waals surface area contributed by atoms with Crippen LogP contribution in [0, 0.1) is 0 Å². The zero-order valence-corrected chi connectivity index (χ0v) is 12.8. The van der Waals surface area contributed by atoms with Crippen LogP contribution in [0.4, 0.5) is 0 Å². The lowest BCUT2D eigenvalue weighted by Gasteiger charge is -2.23. The Hall–Kier alpha value is -0.510. The fourth-order valence-corrected chi connectivity index (χ4v) is 2.73. The molecule has 0 radical (unpaired) electrons. The van der Waals surface area contributed by atoms with Crippen molar-refractivity contribution < 1.29 is 0 Å². The molecule has 0 aliphatic rings. The lowest BCUT2D eigenvalue weighted by Crippen LogP contribution is -2.30. The van der Waals surface area contributed by atoms with Crippen LogP contribution in [0.3, 0.4) is 0 Å². The fraction of sp³-hybridized carbons (Fsp3) is 0.600. The van der Waals surface area contributed by atoms with Gasteiger partial charge in [0.2, 0.25) is 0 Å². The standard InChI is InChI=1S/C15H26N2S/c1-5-6-12-7-9-13(10-8-12)14(17-16)11-18-15(2,3)4/h7-10,14,17H,5-6,11,16H2,1-4H3. The molecule has 0 aliphatic carbocycles. The monoisotopic (exact) mass is 266 g/mol. The molecule has 0 amide bonds. The molecule has 1 aromatic carbocycles. The Bertz CT molecular complexity index is 341. The third-order valence-electron chi connectivity index (χ3n) is 2.80. The van der Waals surface area contributed by atoms with Crippen LogP contribution >= 0.6 is 11.8 Å². The summed E-state index contributed by atoms with van der Waals surface area (Å²) in [5.74, 6) is 6.66. The van der Waals surface area contributed by atoms with Gasteiger partial charge < -0.3 is 0 Å². The first-order chi connectivity index (χ1) is 8.46. The number of nitrogens with two attached hydrogens (primary N) is 1. The molecule has 0 heterocycles. The van der Waals surface area contributed by atoms with Crippen molar-refractivity contribution in [3.8, 4) is 0 Å². The zero-order valence-electron chi connectivity index (χ0n) is 12.0. The van der Waals surface area contributed by atoms with Gasteiger partial charge in [0.1, 0.15) is 0 Å². The molecule has 102 valence electrons. The lowest BCUT2D eigenvalue weighted by atomic mass is 10.0. The highest BCUT2D eigenvalue weighted by Gasteiger charge is 2.16. The highest BCUT2D eigenvalue weighted by Crippen LogP contribution is 2.28. The number of hydrogen-bond acceptors (Lipinski definition) is 3. The highest BCUT2D eigenvalue weighted by molar-refractivity contribution is 8.00. The van der Waals surface area contributed by atoms with Crippen LogP contribution in [0.5, 0.6) is 0 Å². The average Bonchev–Trinajstić information content (AvgIpc) is 2.31. The van der Waals surface area contributed by atoms with E-state index in [-0.39, 0.29) is 10.8 Å². The van der Waals surface area contributed by atoms with Crippen LogP contribution in [-0.4, -0.2) is 10.5 Å². The van der Waals surface area contributed by atoms with Crippen molar-refractivity contribution in [1.29, 1.82) is 0 Å².